The van der Waals surface area contributed by atoms with Crippen LogP contribution in [-0.4, -0.2) is 48.4 Å². The molecule has 0 N–H and O–H groups in total. The fourth-order valence-electron chi connectivity index (χ4n) is 2.64. The highest BCUT2D eigenvalue weighted by atomic mass is 16.6. The number of hydrogen-bond acceptors (Lipinski definition) is 8. The van der Waals surface area contributed by atoms with Crippen molar-refractivity contribution in [2.75, 3.05) is 25.3 Å². The SMILES string of the molecule is CCOC(=O)C1(C(=O)OCC)C=NN(C)c2nc3ccccc3nc21. The molecule has 0 spiro atoms. The van der Waals surface area contributed by atoms with Gasteiger partial charge in [-0.25, -0.2) is 24.6 Å². The second kappa shape index (κ2) is 6.46. The summed E-state index contributed by atoms with van der Waals surface area (Å²) in [6.07, 6.45) is 1.22. The third-order valence-electron chi connectivity index (χ3n) is 3.85. The molecule has 0 radical (unpaired) electrons. The summed E-state index contributed by atoms with van der Waals surface area (Å²) in [4.78, 5) is 34.5. The van der Waals surface area contributed by atoms with E-state index in [1.165, 1.54) is 11.2 Å². The Hall–Kier alpha value is -3.03. The van der Waals surface area contributed by atoms with Crippen LogP contribution in [0.5, 0.6) is 0 Å². The molecule has 0 fully saturated rings. The maximum absolute atomic E-state index is 12.7. The van der Waals surface area contributed by atoms with Gasteiger partial charge in [0, 0.05) is 7.05 Å². The van der Waals surface area contributed by atoms with Crippen molar-refractivity contribution in [2.45, 2.75) is 19.3 Å². The van der Waals surface area contributed by atoms with Gasteiger partial charge < -0.3 is 9.47 Å². The molecule has 1 aliphatic rings. The number of benzene rings is 1. The van der Waals surface area contributed by atoms with E-state index in [-0.39, 0.29) is 18.9 Å². The van der Waals surface area contributed by atoms with Gasteiger partial charge in [-0.1, -0.05) is 12.1 Å². The molecule has 0 saturated heterocycles. The average Bonchev–Trinajstić information content (AvgIpc) is 2.61. The Balaban J connectivity index is 2.29. The number of rotatable bonds is 4. The third-order valence-corrected chi connectivity index (χ3v) is 3.85. The van der Waals surface area contributed by atoms with E-state index in [9.17, 15) is 9.59 Å². The fraction of sp³-hybridized carbons (Fsp3) is 0.353. The van der Waals surface area contributed by atoms with E-state index in [0.717, 1.165) is 0 Å². The van der Waals surface area contributed by atoms with E-state index in [0.29, 0.717) is 16.9 Å². The van der Waals surface area contributed by atoms with Crippen molar-refractivity contribution in [1.82, 2.24) is 9.97 Å². The van der Waals surface area contributed by atoms with Gasteiger partial charge in [0.1, 0.15) is 5.69 Å². The summed E-state index contributed by atoms with van der Waals surface area (Å²) in [6.45, 7) is 3.55. The molecule has 130 valence electrons. The number of nitrogens with zero attached hydrogens (tertiary/aromatic N) is 4. The molecule has 1 aromatic carbocycles. The highest BCUT2D eigenvalue weighted by Gasteiger charge is 2.55. The van der Waals surface area contributed by atoms with Crippen molar-refractivity contribution >= 4 is 35.0 Å². The lowest BCUT2D eigenvalue weighted by molar-refractivity contribution is -0.160. The Labute approximate surface area is 144 Å². The lowest BCUT2D eigenvalue weighted by Gasteiger charge is -2.31. The van der Waals surface area contributed by atoms with Crippen LogP contribution in [-0.2, 0) is 24.5 Å². The molecule has 0 bridgehead atoms. The largest absolute Gasteiger partial charge is 0.465 e. The maximum Gasteiger partial charge on any atom is 0.335 e. The van der Waals surface area contributed by atoms with Crippen molar-refractivity contribution < 1.29 is 19.1 Å². The zero-order valence-electron chi connectivity index (χ0n) is 14.2. The number of aromatic nitrogens is 2. The smallest absolute Gasteiger partial charge is 0.335 e. The Morgan fingerprint density at radius 1 is 1.04 bits per heavy atom. The number of esters is 2. The van der Waals surface area contributed by atoms with Gasteiger partial charge in [-0.15, -0.1) is 0 Å². The van der Waals surface area contributed by atoms with Crippen LogP contribution in [0.3, 0.4) is 0 Å². The molecule has 1 aromatic heterocycles. The van der Waals surface area contributed by atoms with Crippen LogP contribution in [0.2, 0.25) is 0 Å². The normalized spacial score (nSPS) is 14.9. The molecule has 2 aromatic rings. The molecule has 1 aliphatic heterocycles. The molecular formula is C17H18N4O4. The predicted molar refractivity (Wildman–Crippen MR) is 91.4 cm³/mol. The molecule has 0 atom stereocenters. The van der Waals surface area contributed by atoms with E-state index in [1.807, 2.05) is 6.07 Å². The summed E-state index contributed by atoms with van der Waals surface area (Å²) in [6, 6.07) is 7.19. The lowest BCUT2D eigenvalue weighted by atomic mass is 9.84. The first kappa shape index (κ1) is 16.8. The Bertz CT molecular complexity index is 847. The second-order valence-electron chi connectivity index (χ2n) is 5.40. The topological polar surface area (TPSA) is 94.0 Å². The van der Waals surface area contributed by atoms with Crippen molar-refractivity contribution in [3.63, 3.8) is 0 Å². The Kier molecular flexibility index (Phi) is 4.35. The van der Waals surface area contributed by atoms with Crippen molar-refractivity contribution in [1.29, 1.82) is 0 Å². The second-order valence-corrected chi connectivity index (χ2v) is 5.40. The minimum atomic E-state index is -1.87. The lowest BCUT2D eigenvalue weighted by Crippen LogP contribution is -2.51. The van der Waals surface area contributed by atoms with Gasteiger partial charge >= 0.3 is 11.9 Å². The zero-order chi connectivity index (χ0) is 18.0. The molecule has 0 saturated carbocycles. The van der Waals surface area contributed by atoms with Gasteiger partial charge in [0.15, 0.2) is 5.82 Å². The first-order valence-corrected chi connectivity index (χ1v) is 7.95. The predicted octanol–water partition coefficient (Wildman–Crippen LogP) is 1.43. The summed E-state index contributed by atoms with van der Waals surface area (Å²) in [7, 11) is 1.67. The molecule has 2 heterocycles. The molecule has 25 heavy (non-hydrogen) atoms. The monoisotopic (exact) mass is 342 g/mol. The van der Waals surface area contributed by atoms with Crippen molar-refractivity contribution in [3.8, 4) is 0 Å². The van der Waals surface area contributed by atoms with Crippen LogP contribution >= 0.6 is 0 Å². The standard InChI is InChI=1S/C17H18N4O4/c1-4-24-15(22)17(16(23)25-5-2)10-18-21(3)14-13(17)19-11-8-6-7-9-12(11)20-14/h6-10H,4-5H2,1-3H3. The van der Waals surface area contributed by atoms with Gasteiger partial charge in [-0.3, -0.25) is 0 Å². The van der Waals surface area contributed by atoms with Gasteiger partial charge in [-0.2, -0.15) is 5.10 Å². The molecule has 0 aliphatic carbocycles. The summed E-state index contributed by atoms with van der Waals surface area (Å²) in [5.41, 5.74) is -0.527. The minimum Gasteiger partial charge on any atom is -0.465 e. The van der Waals surface area contributed by atoms with E-state index in [4.69, 9.17) is 9.47 Å². The van der Waals surface area contributed by atoms with Crippen LogP contribution in [0.1, 0.15) is 19.5 Å². The van der Waals surface area contributed by atoms with Crippen LogP contribution in [0.25, 0.3) is 11.0 Å². The molecule has 0 unspecified atom stereocenters. The average molecular weight is 342 g/mol. The first-order valence-electron chi connectivity index (χ1n) is 7.95. The minimum absolute atomic E-state index is 0.111. The summed E-state index contributed by atoms with van der Waals surface area (Å²) < 4.78 is 10.3. The highest BCUT2D eigenvalue weighted by Crippen LogP contribution is 2.35. The maximum atomic E-state index is 12.7. The summed E-state index contributed by atoms with van der Waals surface area (Å²) >= 11 is 0. The zero-order valence-corrected chi connectivity index (χ0v) is 14.2. The fourth-order valence-corrected chi connectivity index (χ4v) is 2.64. The number of anilines is 1. The number of hydrogen-bond donors (Lipinski definition) is 0. The van der Waals surface area contributed by atoms with Crippen LogP contribution in [0.4, 0.5) is 5.82 Å². The molecule has 8 nitrogen and oxygen atoms in total. The van der Waals surface area contributed by atoms with Gasteiger partial charge in [-0.05, 0) is 26.0 Å². The first-order chi connectivity index (χ1) is 12.0. The third kappa shape index (κ3) is 2.59. The number of ether oxygens (including phenoxy) is 2. The highest BCUT2D eigenvalue weighted by molar-refractivity contribution is 6.22. The van der Waals surface area contributed by atoms with Crippen LogP contribution in [0.15, 0.2) is 29.4 Å². The van der Waals surface area contributed by atoms with Crippen LogP contribution < -0.4 is 5.01 Å². The number of para-hydroxylation sites is 2. The molecule has 3 rings (SSSR count). The van der Waals surface area contributed by atoms with E-state index in [1.54, 1.807) is 39.1 Å². The molecular weight excluding hydrogens is 324 g/mol. The Morgan fingerprint density at radius 2 is 1.60 bits per heavy atom. The molecule has 8 heteroatoms. The Morgan fingerprint density at radius 3 is 2.16 bits per heavy atom. The van der Waals surface area contributed by atoms with Crippen molar-refractivity contribution in [2.24, 2.45) is 5.10 Å². The number of hydrazone groups is 1. The van der Waals surface area contributed by atoms with Gasteiger partial charge in [0.25, 0.3) is 0 Å². The van der Waals surface area contributed by atoms with E-state index < -0.39 is 17.4 Å². The van der Waals surface area contributed by atoms with Gasteiger partial charge in [0.05, 0.1) is 30.5 Å². The number of carbonyl (C=O) groups is 2. The number of carbonyl (C=O) groups excluding carboxylic acids is 2. The summed E-state index contributed by atoms with van der Waals surface area (Å²) in [5.74, 6) is -1.26. The summed E-state index contributed by atoms with van der Waals surface area (Å²) in [5, 5.41) is 5.61. The van der Waals surface area contributed by atoms with E-state index in [2.05, 4.69) is 15.1 Å². The molecule has 0 amide bonds. The quantitative estimate of drug-likeness (QED) is 0.613. The van der Waals surface area contributed by atoms with Crippen molar-refractivity contribution in [3.05, 3.63) is 30.0 Å². The van der Waals surface area contributed by atoms with Crippen LogP contribution in [0, 0.1) is 0 Å². The number of fused-ring (bicyclic) bond motifs is 2. The van der Waals surface area contributed by atoms with Gasteiger partial charge in [0.2, 0.25) is 5.41 Å². The van der Waals surface area contributed by atoms with E-state index >= 15 is 0 Å².